The Morgan fingerprint density at radius 2 is 2.33 bits per heavy atom. The number of rotatable bonds is 4. The van der Waals surface area contributed by atoms with Crippen LogP contribution in [0.25, 0.3) is 0 Å². The molecule has 94 valence electrons. The SMILES string of the molecule is Cn1ncnc1SCc1ccc(C(=O)O)cc1F. The van der Waals surface area contributed by atoms with Crippen molar-refractivity contribution in [3.63, 3.8) is 0 Å². The molecule has 0 aliphatic rings. The molecule has 0 unspecified atom stereocenters. The number of carbonyl (C=O) groups is 1. The number of halogens is 1. The van der Waals surface area contributed by atoms with Gasteiger partial charge in [-0.3, -0.25) is 0 Å². The van der Waals surface area contributed by atoms with E-state index in [4.69, 9.17) is 5.11 Å². The normalized spacial score (nSPS) is 10.6. The highest BCUT2D eigenvalue weighted by molar-refractivity contribution is 7.98. The lowest BCUT2D eigenvalue weighted by atomic mass is 10.1. The second-order valence-corrected chi connectivity index (χ2v) is 4.51. The van der Waals surface area contributed by atoms with Crippen LogP contribution in [0.4, 0.5) is 4.39 Å². The first-order valence-electron chi connectivity index (χ1n) is 5.06. The van der Waals surface area contributed by atoms with Crippen molar-refractivity contribution in [2.45, 2.75) is 10.9 Å². The maximum atomic E-state index is 13.6. The third-order valence-corrected chi connectivity index (χ3v) is 3.41. The highest BCUT2D eigenvalue weighted by Gasteiger charge is 2.09. The van der Waals surface area contributed by atoms with Gasteiger partial charge in [0.05, 0.1) is 5.56 Å². The van der Waals surface area contributed by atoms with Crippen molar-refractivity contribution in [2.24, 2.45) is 7.05 Å². The number of aromatic nitrogens is 3. The number of thioether (sulfide) groups is 1. The summed E-state index contributed by atoms with van der Waals surface area (Å²) >= 11 is 1.34. The molecule has 5 nitrogen and oxygen atoms in total. The van der Waals surface area contributed by atoms with Crippen LogP contribution >= 0.6 is 11.8 Å². The molecule has 0 saturated heterocycles. The molecule has 0 fully saturated rings. The van der Waals surface area contributed by atoms with Gasteiger partial charge in [-0.2, -0.15) is 5.10 Å². The predicted molar refractivity (Wildman–Crippen MR) is 63.9 cm³/mol. The molecule has 1 aromatic carbocycles. The van der Waals surface area contributed by atoms with Gasteiger partial charge in [-0.15, -0.1) is 0 Å². The first kappa shape index (κ1) is 12.6. The zero-order valence-electron chi connectivity index (χ0n) is 9.50. The summed E-state index contributed by atoms with van der Waals surface area (Å²) in [7, 11) is 1.75. The van der Waals surface area contributed by atoms with Crippen molar-refractivity contribution < 1.29 is 14.3 Å². The molecule has 2 aromatic rings. The quantitative estimate of drug-likeness (QED) is 0.857. The molecular weight excluding hydrogens is 257 g/mol. The maximum absolute atomic E-state index is 13.6. The summed E-state index contributed by atoms with van der Waals surface area (Å²) in [6.07, 6.45) is 1.42. The second kappa shape index (κ2) is 5.18. The molecule has 1 N–H and O–H groups in total. The van der Waals surface area contributed by atoms with Crippen LogP contribution < -0.4 is 0 Å². The van der Waals surface area contributed by atoms with Crippen LogP contribution in [0.1, 0.15) is 15.9 Å². The lowest BCUT2D eigenvalue weighted by molar-refractivity contribution is 0.0696. The van der Waals surface area contributed by atoms with E-state index >= 15 is 0 Å². The summed E-state index contributed by atoms with van der Waals surface area (Å²) in [5.41, 5.74) is 0.382. The van der Waals surface area contributed by atoms with Crippen LogP contribution in [0.5, 0.6) is 0 Å². The maximum Gasteiger partial charge on any atom is 0.335 e. The van der Waals surface area contributed by atoms with Crippen LogP contribution in [0.3, 0.4) is 0 Å². The van der Waals surface area contributed by atoms with Crippen molar-refractivity contribution >= 4 is 17.7 Å². The average Bonchev–Trinajstić information content (AvgIpc) is 2.73. The Morgan fingerprint density at radius 1 is 1.56 bits per heavy atom. The number of hydrogen-bond acceptors (Lipinski definition) is 4. The number of nitrogens with zero attached hydrogens (tertiary/aromatic N) is 3. The lowest BCUT2D eigenvalue weighted by Gasteiger charge is -2.03. The Balaban J connectivity index is 2.11. The number of hydrogen-bond donors (Lipinski definition) is 1. The Hall–Kier alpha value is -1.89. The molecule has 0 aliphatic heterocycles. The molecule has 1 heterocycles. The lowest BCUT2D eigenvalue weighted by Crippen LogP contribution is -1.99. The van der Waals surface area contributed by atoms with Gasteiger partial charge in [0.25, 0.3) is 0 Å². The first-order chi connectivity index (χ1) is 8.58. The van der Waals surface area contributed by atoms with Gasteiger partial charge >= 0.3 is 5.97 Å². The summed E-state index contributed by atoms with van der Waals surface area (Å²) in [5, 5.41) is 13.3. The van der Waals surface area contributed by atoms with E-state index < -0.39 is 11.8 Å². The molecule has 0 radical (unpaired) electrons. The van der Waals surface area contributed by atoms with Crippen molar-refractivity contribution in [2.75, 3.05) is 0 Å². The molecule has 18 heavy (non-hydrogen) atoms. The van der Waals surface area contributed by atoms with Crippen molar-refractivity contribution in [1.82, 2.24) is 14.8 Å². The van der Waals surface area contributed by atoms with E-state index in [0.717, 1.165) is 6.07 Å². The Kier molecular flexibility index (Phi) is 3.61. The van der Waals surface area contributed by atoms with Crippen LogP contribution in [0, 0.1) is 5.82 Å². The minimum atomic E-state index is -1.14. The zero-order valence-corrected chi connectivity index (χ0v) is 10.3. The van der Waals surface area contributed by atoms with Gasteiger partial charge in [0.2, 0.25) is 0 Å². The van der Waals surface area contributed by atoms with Crippen LogP contribution in [0.15, 0.2) is 29.7 Å². The van der Waals surface area contributed by atoms with Gasteiger partial charge in [0.1, 0.15) is 12.1 Å². The highest BCUT2D eigenvalue weighted by Crippen LogP contribution is 2.22. The highest BCUT2D eigenvalue weighted by atomic mass is 32.2. The molecule has 0 saturated carbocycles. The fourth-order valence-corrected chi connectivity index (χ4v) is 2.23. The smallest absolute Gasteiger partial charge is 0.335 e. The van der Waals surface area contributed by atoms with Crippen molar-refractivity contribution in [3.8, 4) is 0 Å². The van der Waals surface area contributed by atoms with E-state index in [0.29, 0.717) is 16.5 Å². The van der Waals surface area contributed by atoms with E-state index in [2.05, 4.69) is 10.1 Å². The van der Waals surface area contributed by atoms with Gasteiger partial charge in [-0.1, -0.05) is 17.8 Å². The number of carboxylic acid groups (broad SMARTS) is 1. The van der Waals surface area contributed by atoms with Crippen LogP contribution in [0.2, 0.25) is 0 Å². The van der Waals surface area contributed by atoms with Gasteiger partial charge in [-0.05, 0) is 17.7 Å². The largest absolute Gasteiger partial charge is 0.478 e. The predicted octanol–water partition coefficient (Wildman–Crippen LogP) is 1.94. The summed E-state index contributed by atoms with van der Waals surface area (Å²) in [6, 6.07) is 3.88. The van der Waals surface area contributed by atoms with E-state index in [-0.39, 0.29) is 5.56 Å². The van der Waals surface area contributed by atoms with E-state index in [1.165, 1.54) is 30.2 Å². The minimum absolute atomic E-state index is 0.0556. The van der Waals surface area contributed by atoms with E-state index in [1.807, 2.05) is 0 Å². The van der Waals surface area contributed by atoms with Gasteiger partial charge in [-0.25, -0.2) is 18.9 Å². The van der Waals surface area contributed by atoms with Gasteiger partial charge < -0.3 is 5.11 Å². The van der Waals surface area contributed by atoms with Crippen LogP contribution in [-0.4, -0.2) is 25.8 Å². The minimum Gasteiger partial charge on any atom is -0.478 e. The number of benzene rings is 1. The number of aromatic carboxylic acids is 1. The molecule has 7 heteroatoms. The summed E-state index contributed by atoms with van der Waals surface area (Å²) in [4.78, 5) is 14.7. The van der Waals surface area contributed by atoms with Crippen molar-refractivity contribution in [3.05, 3.63) is 41.5 Å². The molecule has 0 spiro atoms. The Labute approximate surface area is 107 Å². The molecule has 0 amide bonds. The molecule has 0 atom stereocenters. The first-order valence-corrected chi connectivity index (χ1v) is 6.05. The molecular formula is C11H10FN3O2S. The summed E-state index contributed by atoms with van der Waals surface area (Å²) in [6.45, 7) is 0. The van der Waals surface area contributed by atoms with Crippen molar-refractivity contribution in [1.29, 1.82) is 0 Å². The zero-order chi connectivity index (χ0) is 13.1. The Morgan fingerprint density at radius 3 is 2.89 bits per heavy atom. The monoisotopic (exact) mass is 267 g/mol. The Bertz CT molecular complexity index is 585. The molecule has 0 bridgehead atoms. The molecule has 0 aliphatic carbocycles. The fraction of sp³-hybridized carbons (Fsp3) is 0.182. The standard InChI is InChI=1S/C11H10FN3O2S/c1-15-11(13-6-14-15)18-5-8-3-2-7(10(16)17)4-9(8)12/h2-4,6H,5H2,1H3,(H,16,17). The van der Waals surface area contributed by atoms with E-state index in [9.17, 15) is 9.18 Å². The third kappa shape index (κ3) is 2.67. The topological polar surface area (TPSA) is 68.0 Å². The average molecular weight is 267 g/mol. The van der Waals surface area contributed by atoms with Gasteiger partial charge in [0, 0.05) is 12.8 Å². The molecule has 2 rings (SSSR count). The van der Waals surface area contributed by atoms with E-state index in [1.54, 1.807) is 11.7 Å². The number of carboxylic acids is 1. The molecule has 1 aromatic heterocycles. The summed E-state index contributed by atoms with van der Waals surface area (Å²) < 4.78 is 15.2. The fourth-order valence-electron chi connectivity index (χ4n) is 1.36. The van der Waals surface area contributed by atoms with Crippen LogP contribution in [-0.2, 0) is 12.8 Å². The van der Waals surface area contributed by atoms with Gasteiger partial charge in [0.15, 0.2) is 5.16 Å². The third-order valence-electron chi connectivity index (χ3n) is 2.33. The second-order valence-electron chi connectivity index (χ2n) is 3.57. The summed E-state index contributed by atoms with van der Waals surface area (Å²) in [5.74, 6) is -1.29. The number of aryl methyl sites for hydroxylation is 1.